The van der Waals surface area contributed by atoms with Gasteiger partial charge in [0.05, 0.1) is 16.4 Å². The van der Waals surface area contributed by atoms with Gasteiger partial charge < -0.3 is 9.47 Å². The smallest absolute Gasteiger partial charge is 0.0727 e. The van der Waals surface area contributed by atoms with Gasteiger partial charge in [-0.05, 0) is 93.0 Å². The molecule has 1 spiro atoms. The number of aromatic nitrogens is 1. The zero-order chi connectivity index (χ0) is 30.4. The third kappa shape index (κ3) is 3.20. The highest BCUT2D eigenvalue weighted by Crippen LogP contribution is 2.63. The van der Waals surface area contributed by atoms with Crippen LogP contribution in [0.5, 0.6) is 0 Å². The molecule has 1 heterocycles. The van der Waals surface area contributed by atoms with Gasteiger partial charge in [0.1, 0.15) is 0 Å². The van der Waals surface area contributed by atoms with E-state index in [0.29, 0.717) is 0 Å². The third-order valence-electron chi connectivity index (χ3n) is 10.4. The van der Waals surface area contributed by atoms with Gasteiger partial charge >= 0.3 is 0 Å². The van der Waals surface area contributed by atoms with Gasteiger partial charge in [-0.25, -0.2) is 0 Å². The number of hydrogen-bond acceptors (Lipinski definition) is 1. The number of fused-ring (bicyclic) bond motifs is 13. The first kappa shape index (κ1) is 25.5. The summed E-state index contributed by atoms with van der Waals surface area (Å²) >= 11 is 0. The Bertz CT molecular complexity index is 2400. The van der Waals surface area contributed by atoms with E-state index in [1.165, 1.54) is 83.4 Å². The molecule has 0 N–H and O–H groups in total. The van der Waals surface area contributed by atoms with Crippen LogP contribution >= 0.6 is 0 Å². The van der Waals surface area contributed by atoms with Crippen molar-refractivity contribution in [1.29, 1.82) is 0 Å². The number of rotatable bonds is 3. The highest BCUT2D eigenvalue weighted by atomic mass is 15.1. The van der Waals surface area contributed by atoms with Gasteiger partial charge in [-0.3, -0.25) is 0 Å². The lowest BCUT2D eigenvalue weighted by Gasteiger charge is -2.31. The summed E-state index contributed by atoms with van der Waals surface area (Å²) in [5.74, 6) is 0. The maximum atomic E-state index is 2.48. The van der Waals surface area contributed by atoms with Crippen molar-refractivity contribution < 1.29 is 0 Å². The molecule has 216 valence electrons. The van der Waals surface area contributed by atoms with Crippen molar-refractivity contribution >= 4 is 33.2 Å². The molecule has 2 aliphatic carbocycles. The summed E-state index contributed by atoms with van der Waals surface area (Å²) in [4.78, 5) is 2.30. The number of benzene rings is 7. The van der Waals surface area contributed by atoms with Crippen molar-refractivity contribution in [3.63, 3.8) is 0 Å². The maximum Gasteiger partial charge on any atom is 0.0727 e. The lowest BCUT2D eigenvalue weighted by molar-refractivity contribution is 0.792. The number of para-hydroxylation sites is 3. The van der Waals surface area contributed by atoms with E-state index >= 15 is 0 Å². The van der Waals surface area contributed by atoms with Gasteiger partial charge in [0.25, 0.3) is 0 Å². The molecule has 2 heteroatoms. The molecule has 7 aromatic carbocycles. The van der Waals surface area contributed by atoms with Crippen molar-refractivity contribution in [2.45, 2.75) is 5.41 Å². The predicted octanol–water partition coefficient (Wildman–Crippen LogP) is 10.9. The average molecular weight is 587 g/mol. The van der Waals surface area contributed by atoms with E-state index in [-0.39, 0.29) is 0 Å². The molecule has 0 amide bonds. The molecule has 0 saturated heterocycles. The number of anilines is 2. The monoisotopic (exact) mass is 586 g/mol. The van der Waals surface area contributed by atoms with Crippen LogP contribution in [0.15, 0.2) is 164 Å². The Balaban J connectivity index is 1.30. The Morgan fingerprint density at radius 3 is 1.57 bits per heavy atom. The normalized spacial score (nSPS) is 13.5. The van der Waals surface area contributed by atoms with Crippen LogP contribution < -0.4 is 4.90 Å². The summed E-state index contributed by atoms with van der Waals surface area (Å²) in [6.07, 6.45) is 0. The van der Waals surface area contributed by atoms with Crippen LogP contribution in [-0.2, 0) is 5.41 Å². The van der Waals surface area contributed by atoms with Gasteiger partial charge in [-0.2, -0.15) is 0 Å². The SMILES string of the molecule is CN(c1ccccc1)c1ccc2c(c1)C1(c3ccccc3-c3ccccc31)c1cc(-n3c4ccccc4c4ccccc43)ccc1-2. The minimum atomic E-state index is -0.430. The molecule has 46 heavy (non-hydrogen) atoms. The van der Waals surface area contributed by atoms with E-state index in [9.17, 15) is 0 Å². The molecular weight excluding hydrogens is 556 g/mol. The van der Waals surface area contributed by atoms with Crippen LogP contribution in [-0.4, -0.2) is 11.6 Å². The Kier molecular flexibility index (Phi) is 5.16. The fourth-order valence-corrected chi connectivity index (χ4v) is 8.46. The van der Waals surface area contributed by atoms with E-state index < -0.39 is 5.41 Å². The minimum Gasteiger partial charge on any atom is -0.345 e. The van der Waals surface area contributed by atoms with E-state index in [0.717, 1.165) is 0 Å². The van der Waals surface area contributed by atoms with Crippen LogP contribution in [0.1, 0.15) is 22.3 Å². The standard InChI is InChI=1S/C44H30N2/c1-45(29-13-3-2-4-14-29)30-23-25-34-35-26-24-31(46-42-21-11-7-17-36(42)37-18-8-12-22-43(37)46)28-41(35)44(40(34)27-30)38-19-9-5-15-32(38)33-16-6-10-20-39(33)44/h2-28H,1H3. The zero-order valence-corrected chi connectivity index (χ0v) is 25.5. The molecule has 10 rings (SSSR count). The summed E-state index contributed by atoms with van der Waals surface area (Å²) in [6, 6.07) is 60.5. The Morgan fingerprint density at radius 2 is 0.913 bits per heavy atom. The van der Waals surface area contributed by atoms with Crippen molar-refractivity contribution in [2.24, 2.45) is 0 Å². The molecule has 0 unspecified atom stereocenters. The van der Waals surface area contributed by atoms with Crippen molar-refractivity contribution in [2.75, 3.05) is 11.9 Å². The minimum absolute atomic E-state index is 0.430. The maximum absolute atomic E-state index is 2.48. The molecular formula is C44H30N2. The van der Waals surface area contributed by atoms with Crippen LogP contribution in [0.4, 0.5) is 11.4 Å². The van der Waals surface area contributed by atoms with Gasteiger partial charge in [-0.15, -0.1) is 0 Å². The van der Waals surface area contributed by atoms with Crippen molar-refractivity contribution in [3.8, 4) is 27.9 Å². The first-order valence-corrected chi connectivity index (χ1v) is 16.0. The summed E-state index contributed by atoms with van der Waals surface area (Å²) in [5.41, 5.74) is 16.2. The number of hydrogen-bond donors (Lipinski definition) is 0. The Hall–Kier alpha value is -5.86. The summed E-state index contributed by atoms with van der Waals surface area (Å²) in [6.45, 7) is 0. The molecule has 2 nitrogen and oxygen atoms in total. The zero-order valence-electron chi connectivity index (χ0n) is 25.5. The van der Waals surface area contributed by atoms with E-state index in [2.05, 4.69) is 180 Å². The Morgan fingerprint density at radius 1 is 0.413 bits per heavy atom. The van der Waals surface area contributed by atoms with Crippen LogP contribution in [0.2, 0.25) is 0 Å². The topological polar surface area (TPSA) is 8.17 Å². The summed E-state index contributed by atoms with van der Waals surface area (Å²) in [5, 5.41) is 2.56. The van der Waals surface area contributed by atoms with Crippen LogP contribution in [0, 0.1) is 0 Å². The predicted molar refractivity (Wildman–Crippen MR) is 192 cm³/mol. The molecule has 0 saturated carbocycles. The molecule has 2 aliphatic rings. The second-order valence-electron chi connectivity index (χ2n) is 12.6. The van der Waals surface area contributed by atoms with E-state index in [1.54, 1.807) is 0 Å². The number of nitrogens with zero attached hydrogens (tertiary/aromatic N) is 2. The first-order chi connectivity index (χ1) is 22.7. The van der Waals surface area contributed by atoms with Crippen LogP contribution in [0.25, 0.3) is 49.7 Å². The first-order valence-electron chi connectivity index (χ1n) is 16.0. The van der Waals surface area contributed by atoms with E-state index in [1.807, 2.05) is 0 Å². The largest absolute Gasteiger partial charge is 0.345 e. The van der Waals surface area contributed by atoms with Gasteiger partial charge in [0.2, 0.25) is 0 Å². The Labute approximate surface area is 268 Å². The summed E-state index contributed by atoms with van der Waals surface area (Å²) < 4.78 is 2.45. The van der Waals surface area contributed by atoms with Gasteiger partial charge in [0, 0.05) is 34.9 Å². The molecule has 0 aliphatic heterocycles. The quantitative estimate of drug-likeness (QED) is 0.200. The molecule has 0 radical (unpaired) electrons. The average Bonchev–Trinajstić information content (AvgIpc) is 3.73. The molecule has 0 atom stereocenters. The van der Waals surface area contributed by atoms with E-state index in [4.69, 9.17) is 0 Å². The second kappa shape index (κ2) is 9.32. The molecule has 0 bridgehead atoms. The highest BCUT2D eigenvalue weighted by molar-refractivity contribution is 6.09. The fraction of sp³-hybridized carbons (Fsp3) is 0.0455. The molecule has 1 aromatic heterocycles. The fourth-order valence-electron chi connectivity index (χ4n) is 8.46. The summed E-state index contributed by atoms with van der Waals surface area (Å²) in [7, 11) is 2.17. The van der Waals surface area contributed by atoms with Gasteiger partial charge in [0.15, 0.2) is 0 Å². The van der Waals surface area contributed by atoms with Crippen LogP contribution in [0.3, 0.4) is 0 Å². The third-order valence-corrected chi connectivity index (χ3v) is 10.4. The lowest BCUT2D eigenvalue weighted by Crippen LogP contribution is -2.26. The lowest BCUT2D eigenvalue weighted by atomic mass is 9.70. The second-order valence-corrected chi connectivity index (χ2v) is 12.6. The molecule has 0 fully saturated rings. The van der Waals surface area contributed by atoms with Crippen molar-refractivity contribution in [1.82, 2.24) is 4.57 Å². The van der Waals surface area contributed by atoms with Gasteiger partial charge in [-0.1, -0.05) is 115 Å². The molecule has 8 aromatic rings. The van der Waals surface area contributed by atoms with Crippen molar-refractivity contribution in [3.05, 3.63) is 186 Å². The highest BCUT2D eigenvalue weighted by Gasteiger charge is 2.51.